The van der Waals surface area contributed by atoms with Gasteiger partial charge in [0.1, 0.15) is 42.6 Å². The fourth-order valence-electron chi connectivity index (χ4n) is 6.36. The van der Waals surface area contributed by atoms with Crippen molar-refractivity contribution in [2.24, 2.45) is 5.73 Å². The number of ketones is 1. The van der Waals surface area contributed by atoms with Gasteiger partial charge in [-0.3, -0.25) is 33.6 Å². The van der Waals surface area contributed by atoms with Gasteiger partial charge in [-0.05, 0) is 49.9 Å². The molecule has 17 nitrogen and oxygen atoms in total. The van der Waals surface area contributed by atoms with Crippen LogP contribution in [0.3, 0.4) is 0 Å². The van der Waals surface area contributed by atoms with Crippen LogP contribution in [0.5, 0.6) is 5.75 Å². The van der Waals surface area contributed by atoms with Crippen LogP contribution >= 0.6 is 0 Å². The van der Waals surface area contributed by atoms with Gasteiger partial charge in [0, 0.05) is 18.9 Å². The number of amides is 4. The molecule has 0 fully saturated rings. The van der Waals surface area contributed by atoms with Crippen molar-refractivity contribution in [2.45, 2.75) is 88.4 Å². The first-order valence-corrected chi connectivity index (χ1v) is 19.4. The van der Waals surface area contributed by atoms with E-state index < -0.39 is 132 Å². The largest absolute Gasteiger partial charge is 0.481 e. The quantitative estimate of drug-likeness (QED) is 0.0473. The van der Waals surface area contributed by atoms with Crippen LogP contribution in [0.25, 0.3) is 0 Å². The number of carboxylic acids is 2. The Morgan fingerprint density at radius 1 is 0.778 bits per heavy atom. The van der Waals surface area contributed by atoms with E-state index in [9.17, 15) is 65.7 Å². The molecule has 3 aromatic rings. The van der Waals surface area contributed by atoms with Gasteiger partial charge in [0.25, 0.3) is 0 Å². The van der Waals surface area contributed by atoms with E-state index in [0.29, 0.717) is 11.1 Å². The monoisotopic (exact) mass is 892 g/mol. The number of hydrogen-bond donors (Lipinski definition) is 8. The topological polar surface area (TPSA) is 265 Å². The third-order valence-electron chi connectivity index (χ3n) is 9.68. The molecule has 0 saturated heterocycles. The van der Waals surface area contributed by atoms with Crippen LogP contribution in [-0.4, -0.2) is 101 Å². The van der Waals surface area contributed by atoms with Crippen LogP contribution in [0.4, 0.5) is 27.6 Å². The highest BCUT2D eigenvalue weighted by Crippen LogP contribution is 2.29. The number of anilines is 1. The minimum Gasteiger partial charge on any atom is -0.481 e. The van der Waals surface area contributed by atoms with Gasteiger partial charge in [-0.25, -0.2) is 13.2 Å². The predicted molar refractivity (Wildman–Crippen MR) is 210 cm³/mol. The van der Waals surface area contributed by atoms with E-state index in [2.05, 4.69) is 31.3 Å². The van der Waals surface area contributed by atoms with E-state index >= 15 is 0 Å². The number of nitrogens with one attached hydrogen (secondary N) is 5. The maximum absolute atomic E-state index is 14.4. The maximum atomic E-state index is 14.4. The number of halogens is 5. The number of rotatable bonds is 24. The fourth-order valence-corrected chi connectivity index (χ4v) is 6.36. The summed E-state index contributed by atoms with van der Waals surface area (Å²) in [5.74, 6) is -18.1. The Hall–Kier alpha value is -6.68. The number of aliphatic carboxylic acids is 2. The number of Topliss-reactive ketones (excluding diaryl/α,β-unsaturated/α-hetero) is 1. The normalized spacial score (nSPS) is 15.3. The molecule has 0 bridgehead atoms. The van der Waals surface area contributed by atoms with Gasteiger partial charge in [0.15, 0.2) is 23.2 Å². The van der Waals surface area contributed by atoms with E-state index in [1.54, 1.807) is 36.4 Å². The molecule has 0 radical (unpaired) electrons. The molecule has 0 aliphatic carbocycles. The first-order valence-electron chi connectivity index (χ1n) is 19.4. The molecule has 63 heavy (non-hydrogen) atoms. The second kappa shape index (κ2) is 23.0. The molecular formula is C41H45F5N6O11. The highest BCUT2D eigenvalue weighted by atomic mass is 19.2. The highest BCUT2D eigenvalue weighted by Gasteiger charge is 2.37. The Morgan fingerprint density at radius 2 is 1.41 bits per heavy atom. The highest BCUT2D eigenvalue weighted by molar-refractivity contribution is 5.98. The standard InChI is InChI=1S/C41H45F5N6O11/c1-20(62-18-21-7-3-2-4-8-21)35(52-39(59)26(11-6-12-31(54)55)49-40(60)29-15-22-9-5-10-23(42)36(22)48-29)41(61)50-27(13-14-47)38(58)51-28(17-32(56)57)30(53)19-63-37-33(45)24(43)16-25(44)34(37)46/h2-5,7-10,16,20,26-29,35,48H,6,11-15,17-19,47H2,1H3,(H,49,60)(H,50,61)(H,51,58)(H,52,59)(H,54,55)(H,56,57)/t20?,26-,27-,28-,29-,35-/m0/s1. The van der Waals surface area contributed by atoms with Crippen LogP contribution < -0.4 is 37.1 Å². The molecule has 1 unspecified atom stereocenters. The average Bonchev–Trinajstić information content (AvgIpc) is 3.69. The number of carboxylic acid groups (broad SMARTS) is 2. The molecule has 3 aromatic carbocycles. The Morgan fingerprint density at radius 3 is 2.03 bits per heavy atom. The number of carbonyl (C=O) groups excluding carboxylic acids is 5. The van der Waals surface area contributed by atoms with Crippen LogP contribution in [-0.2, 0) is 51.3 Å². The summed E-state index contributed by atoms with van der Waals surface area (Å²) in [6.45, 7) is -0.358. The Labute approximate surface area is 356 Å². The van der Waals surface area contributed by atoms with Crippen molar-refractivity contribution in [3.05, 3.63) is 94.8 Å². The van der Waals surface area contributed by atoms with Crippen LogP contribution in [0.15, 0.2) is 54.6 Å². The number of para-hydroxylation sites is 1. The molecule has 22 heteroatoms. The SMILES string of the molecule is CC(OCc1ccccc1)[C@H](NC(=O)[C@H](CCCC(=O)O)NC(=O)[C@@H]1Cc2cccc(F)c2N1)C(=O)N[C@@H](CCN)C(=O)N[C@@H](CC(=O)O)C(=O)COc1c(F)c(F)cc(F)c1F. The Bertz CT molecular complexity index is 2140. The lowest BCUT2D eigenvalue weighted by Gasteiger charge is -2.29. The summed E-state index contributed by atoms with van der Waals surface area (Å²) >= 11 is 0. The number of carbonyl (C=O) groups is 7. The smallest absolute Gasteiger partial charge is 0.305 e. The summed E-state index contributed by atoms with van der Waals surface area (Å²) in [4.78, 5) is 91.0. The third kappa shape index (κ3) is 13.9. The molecule has 0 spiro atoms. The van der Waals surface area contributed by atoms with Gasteiger partial charge in [-0.1, -0.05) is 42.5 Å². The average molecular weight is 893 g/mol. The lowest BCUT2D eigenvalue weighted by atomic mass is 10.0. The van der Waals surface area contributed by atoms with Crippen LogP contribution in [0, 0.1) is 29.1 Å². The summed E-state index contributed by atoms with van der Waals surface area (Å²) in [6.07, 6.45) is -3.38. The van der Waals surface area contributed by atoms with Crippen molar-refractivity contribution in [1.82, 2.24) is 21.3 Å². The maximum Gasteiger partial charge on any atom is 0.305 e. The zero-order chi connectivity index (χ0) is 46.4. The molecule has 4 amide bonds. The zero-order valence-corrected chi connectivity index (χ0v) is 33.6. The summed E-state index contributed by atoms with van der Waals surface area (Å²) in [5, 5.41) is 31.0. The molecule has 0 saturated carbocycles. The minimum absolute atomic E-state index is 0.0540. The van der Waals surface area contributed by atoms with Crippen molar-refractivity contribution in [3.63, 3.8) is 0 Å². The first-order chi connectivity index (χ1) is 29.9. The summed E-state index contributed by atoms with van der Waals surface area (Å²) < 4.78 is 80.6. The van der Waals surface area contributed by atoms with Gasteiger partial charge in [0.2, 0.25) is 35.3 Å². The van der Waals surface area contributed by atoms with E-state index in [-0.39, 0.29) is 50.6 Å². The molecule has 4 rings (SSSR count). The van der Waals surface area contributed by atoms with Crippen molar-refractivity contribution in [2.75, 3.05) is 18.5 Å². The van der Waals surface area contributed by atoms with Gasteiger partial charge in [-0.2, -0.15) is 8.78 Å². The Balaban J connectivity index is 1.54. The molecule has 340 valence electrons. The Kier molecular flexibility index (Phi) is 17.8. The number of nitrogens with two attached hydrogens (primary N) is 1. The third-order valence-corrected chi connectivity index (χ3v) is 9.68. The second-order valence-corrected chi connectivity index (χ2v) is 14.4. The molecule has 1 aliphatic rings. The van der Waals surface area contributed by atoms with Crippen molar-refractivity contribution in [1.29, 1.82) is 0 Å². The van der Waals surface area contributed by atoms with E-state index in [4.69, 9.17) is 10.5 Å². The van der Waals surface area contributed by atoms with Crippen LogP contribution in [0.1, 0.15) is 50.2 Å². The number of benzene rings is 3. The zero-order valence-electron chi connectivity index (χ0n) is 33.6. The lowest BCUT2D eigenvalue weighted by Crippen LogP contribution is -2.61. The van der Waals surface area contributed by atoms with Gasteiger partial charge < -0.3 is 52.0 Å². The number of fused-ring (bicyclic) bond motifs is 1. The van der Waals surface area contributed by atoms with Crippen molar-refractivity contribution >= 4 is 47.0 Å². The fraction of sp³-hybridized carbons (Fsp3) is 0.390. The molecule has 1 heterocycles. The number of hydrogen-bond acceptors (Lipinski definition) is 11. The van der Waals surface area contributed by atoms with Crippen molar-refractivity contribution in [3.8, 4) is 5.75 Å². The number of ether oxygens (including phenoxy) is 2. The van der Waals surface area contributed by atoms with Gasteiger partial charge >= 0.3 is 11.9 Å². The second-order valence-electron chi connectivity index (χ2n) is 14.4. The van der Waals surface area contributed by atoms with Gasteiger partial charge in [0.05, 0.1) is 24.8 Å². The lowest BCUT2D eigenvalue weighted by molar-refractivity contribution is -0.141. The van der Waals surface area contributed by atoms with E-state index in [0.717, 1.165) is 0 Å². The van der Waals surface area contributed by atoms with E-state index in [1.807, 2.05) is 0 Å². The summed E-state index contributed by atoms with van der Waals surface area (Å²) in [6, 6.07) is 4.96. The minimum atomic E-state index is -1.99. The molecule has 1 aliphatic heterocycles. The predicted octanol–water partition coefficient (Wildman–Crippen LogP) is 1.99. The van der Waals surface area contributed by atoms with Crippen molar-refractivity contribution < 1.29 is 75.2 Å². The molecular weight excluding hydrogens is 847 g/mol. The summed E-state index contributed by atoms with van der Waals surface area (Å²) in [7, 11) is 0. The van der Waals surface area contributed by atoms with E-state index in [1.165, 1.54) is 19.1 Å². The van der Waals surface area contributed by atoms with Crippen LogP contribution in [0.2, 0.25) is 0 Å². The molecule has 6 atom stereocenters. The first kappa shape index (κ1) is 49.0. The molecule has 0 aromatic heterocycles. The summed E-state index contributed by atoms with van der Waals surface area (Å²) in [5.41, 5.74) is 6.95. The van der Waals surface area contributed by atoms with Gasteiger partial charge in [-0.15, -0.1) is 0 Å². The molecule has 9 N–H and O–H groups in total.